The number of amides is 3. The number of nitrogens with zero attached hydrogens (tertiary/aromatic N) is 1. The molecule has 3 amide bonds. The third-order valence-corrected chi connectivity index (χ3v) is 5.09. The van der Waals surface area contributed by atoms with Crippen LogP contribution in [0.15, 0.2) is 0 Å². The van der Waals surface area contributed by atoms with Gasteiger partial charge in [0.2, 0.25) is 17.7 Å². The van der Waals surface area contributed by atoms with Crippen molar-refractivity contribution in [3.05, 3.63) is 0 Å². The van der Waals surface area contributed by atoms with Gasteiger partial charge >= 0.3 is 23.9 Å². The maximum atomic E-state index is 13.1. The van der Waals surface area contributed by atoms with Crippen molar-refractivity contribution in [3.8, 4) is 0 Å². The van der Waals surface area contributed by atoms with Crippen molar-refractivity contribution in [1.29, 1.82) is 0 Å². The summed E-state index contributed by atoms with van der Waals surface area (Å²) in [6, 6.07) is -5.55. The van der Waals surface area contributed by atoms with Crippen molar-refractivity contribution >= 4 is 41.6 Å². The summed E-state index contributed by atoms with van der Waals surface area (Å²) in [7, 11) is 0. The fourth-order valence-corrected chi connectivity index (χ4v) is 3.38. The van der Waals surface area contributed by atoms with Crippen LogP contribution in [-0.4, -0.2) is 97.6 Å². The van der Waals surface area contributed by atoms with Gasteiger partial charge in [0.05, 0.1) is 12.5 Å². The molecule has 4 atom stereocenters. The smallest absolute Gasteiger partial charge is 0.326 e. The van der Waals surface area contributed by atoms with E-state index in [4.69, 9.17) is 21.1 Å². The predicted octanol–water partition coefficient (Wildman–Crippen LogP) is -2.44. The first-order chi connectivity index (χ1) is 15.8. The molecule has 1 saturated heterocycles. The summed E-state index contributed by atoms with van der Waals surface area (Å²) < 4.78 is 0. The van der Waals surface area contributed by atoms with Crippen LogP contribution in [0.2, 0.25) is 0 Å². The molecule has 0 aromatic heterocycles. The fraction of sp³-hybridized carbons (Fsp3) is 0.632. The Kier molecular flexibility index (Phi) is 10.9. The van der Waals surface area contributed by atoms with E-state index < -0.39 is 85.0 Å². The van der Waals surface area contributed by atoms with Crippen LogP contribution in [0.5, 0.6) is 0 Å². The molecule has 0 aliphatic carbocycles. The Balaban J connectivity index is 2.97. The Morgan fingerprint density at radius 1 is 0.853 bits per heavy atom. The zero-order chi connectivity index (χ0) is 26.0. The molecule has 0 spiro atoms. The normalized spacial score (nSPS) is 17.8. The zero-order valence-corrected chi connectivity index (χ0v) is 18.1. The van der Waals surface area contributed by atoms with Crippen molar-refractivity contribution in [1.82, 2.24) is 15.5 Å². The number of likely N-dealkylation sites (tertiary alicyclic amines) is 1. The van der Waals surface area contributed by atoms with Crippen LogP contribution >= 0.6 is 0 Å². The van der Waals surface area contributed by atoms with Gasteiger partial charge in [0.25, 0.3) is 0 Å². The molecule has 15 nitrogen and oxygen atoms in total. The third-order valence-electron chi connectivity index (χ3n) is 5.09. The Bertz CT molecular complexity index is 831. The first-order valence-electron chi connectivity index (χ1n) is 10.4. The topological polar surface area (TPSA) is 254 Å². The minimum Gasteiger partial charge on any atom is -0.481 e. The van der Waals surface area contributed by atoms with E-state index >= 15 is 0 Å². The lowest BCUT2D eigenvalue weighted by Gasteiger charge is -2.29. The van der Waals surface area contributed by atoms with Gasteiger partial charge in [-0.15, -0.1) is 0 Å². The number of carbonyl (C=O) groups excluding carboxylic acids is 3. The standard InChI is InChI=1S/C19H28N4O11/c20-9(8-15(28)29)16(30)21-10(3-5-13(24)25)18(32)23-7-1-2-12(23)17(31)22-11(19(33)34)4-6-14(26)27/h9-12H,1-8,20H2,(H,21,30)(H,22,31)(H,24,25)(H,26,27)(H,28,29)(H,33,34). The summed E-state index contributed by atoms with van der Waals surface area (Å²) in [5, 5.41) is 40.1. The van der Waals surface area contributed by atoms with Crippen molar-refractivity contribution in [2.24, 2.45) is 5.73 Å². The molecular weight excluding hydrogens is 460 g/mol. The molecule has 190 valence electrons. The van der Waals surface area contributed by atoms with Gasteiger partial charge in [0, 0.05) is 19.4 Å². The lowest BCUT2D eigenvalue weighted by atomic mass is 10.1. The predicted molar refractivity (Wildman–Crippen MR) is 110 cm³/mol. The third kappa shape index (κ3) is 9.01. The fourth-order valence-electron chi connectivity index (χ4n) is 3.38. The van der Waals surface area contributed by atoms with Gasteiger partial charge in [-0.25, -0.2) is 4.79 Å². The summed E-state index contributed by atoms with van der Waals surface area (Å²) in [6.07, 6.45) is -1.99. The number of aliphatic carboxylic acids is 4. The van der Waals surface area contributed by atoms with E-state index in [1.54, 1.807) is 0 Å². The summed E-state index contributed by atoms with van der Waals surface area (Å²) in [4.78, 5) is 82.8. The maximum absolute atomic E-state index is 13.1. The summed E-state index contributed by atoms with van der Waals surface area (Å²) in [5.41, 5.74) is 5.49. The molecule has 1 fully saturated rings. The van der Waals surface area contributed by atoms with Crippen molar-refractivity contribution in [3.63, 3.8) is 0 Å². The quantitative estimate of drug-likeness (QED) is 0.135. The number of hydrogen-bond acceptors (Lipinski definition) is 8. The summed E-state index contributed by atoms with van der Waals surface area (Å²) >= 11 is 0. The van der Waals surface area contributed by atoms with Gasteiger partial charge in [-0.2, -0.15) is 0 Å². The number of hydrogen-bond donors (Lipinski definition) is 7. The van der Waals surface area contributed by atoms with Crippen LogP contribution in [0.4, 0.5) is 0 Å². The summed E-state index contributed by atoms with van der Waals surface area (Å²) in [5.74, 6) is -7.98. The second kappa shape index (κ2) is 13.1. The van der Waals surface area contributed by atoms with Gasteiger partial charge in [-0.3, -0.25) is 28.8 Å². The zero-order valence-electron chi connectivity index (χ0n) is 18.1. The van der Waals surface area contributed by atoms with Crippen LogP contribution in [0.1, 0.15) is 44.9 Å². The molecule has 0 aromatic rings. The average Bonchev–Trinajstić information content (AvgIpc) is 3.22. The van der Waals surface area contributed by atoms with E-state index in [9.17, 15) is 38.7 Å². The first kappa shape index (κ1) is 28.3. The van der Waals surface area contributed by atoms with E-state index in [0.717, 1.165) is 4.90 Å². The number of carboxylic acids is 4. The molecule has 4 unspecified atom stereocenters. The van der Waals surface area contributed by atoms with Crippen LogP contribution in [0, 0.1) is 0 Å². The molecule has 8 N–H and O–H groups in total. The maximum Gasteiger partial charge on any atom is 0.326 e. The second-order valence-electron chi connectivity index (χ2n) is 7.72. The largest absolute Gasteiger partial charge is 0.481 e. The van der Waals surface area contributed by atoms with E-state index in [2.05, 4.69) is 10.6 Å². The second-order valence-corrected chi connectivity index (χ2v) is 7.72. The number of nitrogens with two attached hydrogens (primary N) is 1. The highest BCUT2D eigenvalue weighted by molar-refractivity contribution is 5.95. The van der Waals surface area contributed by atoms with Crippen LogP contribution in [0.3, 0.4) is 0 Å². The van der Waals surface area contributed by atoms with Gasteiger partial charge in [-0.1, -0.05) is 0 Å². The molecular formula is C19H28N4O11. The van der Waals surface area contributed by atoms with Crippen LogP contribution in [0.25, 0.3) is 0 Å². The Hall–Kier alpha value is -3.75. The van der Waals surface area contributed by atoms with Crippen molar-refractivity contribution in [2.75, 3.05) is 6.54 Å². The molecule has 15 heteroatoms. The monoisotopic (exact) mass is 488 g/mol. The molecule has 1 heterocycles. The Morgan fingerprint density at radius 3 is 1.91 bits per heavy atom. The van der Waals surface area contributed by atoms with E-state index in [0.29, 0.717) is 6.42 Å². The minimum absolute atomic E-state index is 0.0599. The SMILES string of the molecule is NC(CC(=O)O)C(=O)NC(CCC(=O)O)C(=O)N1CCCC1C(=O)NC(CCC(=O)O)C(=O)O. The van der Waals surface area contributed by atoms with Gasteiger partial charge in [0.1, 0.15) is 18.1 Å². The highest BCUT2D eigenvalue weighted by Gasteiger charge is 2.39. The van der Waals surface area contributed by atoms with Crippen LogP contribution in [-0.2, 0) is 33.6 Å². The molecule has 0 bridgehead atoms. The molecule has 0 radical (unpaired) electrons. The average molecular weight is 488 g/mol. The first-order valence-corrected chi connectivity index (χ1v) is 10.4. The molecule has 1 rings (SSSR count). The lowest BCUT2D eigenvalue weighted by Crippen LogP contribution is -2.57. The molecule has 1 aliphatic rings. The highest BCUT2D eigenvalue weighted by Crippen LogP contribution is 2.20. The molecule has 0 aromatic carbocycles. The minimum atomic E-state index is -1.50. The summed E-state index contributed by atoms with van der Waals surface area (Å²) in [6.45, 7) is 0.0599. The van der Waals surface area contributed by atoms with Crippen molar-refractivity contribution < 1.29 is 54.0 Å². The Morgan fingerprint density at radius 2 is 1.41 bits per heavy atom. The number of carboxylic acid groups (broad SMARTS) is 4. The van der Waals surface area contributed by atoms with Crippen molar-refractivity contribution in [2.45, 2.75) is 69.1 Å². The van der Waals surface area contributed by atoms with E-state index in [-0.39, 0.29) is 25.8 Å². The molecule has 0 saturated carbocycles. The van der Waals surface area contributed by atoms with E-state index in [1.165, 1.54) is 0 Å². The number of carbonyl (C=O) groups is 7. The Labute approximate surface area is 193 Å². The number of nitrogens with one attached hydrogen (secondary N) is 2. The van der Waals surface area contributed by atoms with Gasteiger partial charge in [0.15, 0.2) is 0 Å². The van der Waals surface area contributed by atoms with Gasteiger partial charge in [-0.05, 0) is 25.7 Å². The number of rotatable bonds is 14. The lowest BCUT2D eigenvalue weighted by molar-refractivity contribution is -0.145. The van der Waals surface area contributed by atoms with E-state index in [1.807, 2.05) is 0 Å². The molecule has 34 heavy (non-hydrogen) atoms. The van der Waals surface area contributed by atoms with Gasteiger partial charge < -0.3 is 41.7 Å². The van der Waals surface area contributed by atoms with Crippen LogP contribution < -0.4 is 16.4 Å². The molecule has 1 aliphatic heterocycles. The highest BCUT2D eigenvalue weighted by atomic mass is 16.4.